The van der Waals surface area contributed by atoms with E-state index in [1.54, 1.807) is 36.4 Å². The molecule has 0 saturated carbocycles. The molecule has 1 aromatic heterocycles. The first-order valence-corrected chi connectivity index (χ1v) is 7.31. The molecule has 0 fully saturated rings. The van der Waals surface area contributed by atoms with Crippen molar-refractivity contribution in [2.75, 3.05) is 10.6 Å². The number of nitrogens with one attached hydrogen (secondary N) is 2. The Hall–Kier alpha value is -3.79. The highest BCUT2D eigenvalue weighted by Crippen LogP contribution is 2.15. The second kappa shape index (κ2) is 7.19. The van der Waals surface area contributed by atoms with Crippen LogP contribution in [0.25, 0.3) is 0 Å². The van der Waals surface area contributed by atoms with E-state index in [1.165, 1.54) is 24.4 Å². The molecule has 122 valence electrons. The number of hydrogen-bond acceptors (Lipinski definition) is 5. The number of carbonyl (C=O) groups excluding carboxylic acids is 1. The summed E-state index contributed by atoms with van der Waals surface area (Å²) >= 11 is 0. The predicted octanol–water partition coefficient (Wildman–Crippen LogP) is 3.48. The second-order valence-electron chi connectivity index (χ2n) is 5.05. The Morgan fingerprint density at radius 3 is 2.68 bits per heavy atom. The number of nitrogens with zero attached hydrogens (tertiary/aromatic N) is 3. The fourth-order valence-electron chi connectivity index (χ4n) is 2.10. The van der Waals surface area contributed by atoms with Crippen LogP contribution in [0.4, 0.5) is 21.7 Å². The molecule has 0 aliphatic rings. The topological polar surface area (TPSA) is 90.7 Å². The van der Waals surface area contributed by atoms with Crippen LogP contribution in [-0.4, -0.2) is 15.9 Å². The number of anilines is 3. The van der Waals surface area contributed by atoms with Crippen molar-refractivity contribution in [1.29, 1.82) is 5.26 Å². The summed E-state index contributed by atoms with van der Waals surface area (Å²) < 4.78 is 13.2. The first-order valence-electron chi connectivity index (χ1n) is 7.31. The molecule has 2 N–H and O–H groups in total. The van der Waals surface area contributed by atoms with Gasteiger partial charge in [-0.05, 0) is 42.5 Å². The molecule has 3 rings (SSSR count). The third-order valence-electron chi connectivity index (χ3n) is 3.22. The zero-order valence-corrected chi connectivity index (χ0v) is 12.9. The van der Waals surface area contributed by atoms with Gasteiger partial charge in [0, 0.05) is 17.6 Å². The molecule has 0 aliphatic carbocycles. The molecular weight excluding hydrogens is 321 g/mol. The Balaban J connectivity index is 1.76. The summed E-state index contributed by atoms with van der Waals surface area (Å²) in [6.45, 7) is 0. The molecule has 3 aromatic rings. The fourth-order valence-corrected chi connectivity index (χ4v) is 2.10. The first-order chi connectivity index (χ1) is 12.1. The number of halogens is 1. The van der Waals surface area contributed by atoms with E-state index in [0.29, 0.717) is 16.9 Å². The summed E-state index contributed by atoms with van der Waals surface area (Å²) in [6, 6.07) is 15.8. The minimum absolute atomic E-state index is 0.135. The number of rotatable bonds is 4. The highest BCUT2D eigenvalue weighted by atomic mass is 19.1. The lowest BCUT2D eigenvalue weighted by Gasteiger charge is -2.07. The van der Waals surface area contributed by atoms with Crippen LogP contribution in [0.5, 0.6) is 0 Å². The van der Waals surface area contributed by atoms with Crippen LogP contribution in [0.2, 0.25) is 0 Å². The maximum atomic E-state index is 13.2. The van der Waals surface area contributed by atoms with Crippen molar-refractivity contribution in [2.24, 2.45) is 0 Å². The van der Waals surface area contributed by atoms with Gasteiger partial charge in [0.15, 0.2) is 0 Å². The SMILES string of the molecule is N#Cc1cccc(NC(=O)c2ccnc(Nc3cccc(F)c3)n2)c1. The Labute approximate surface area is 143 Å². The highest BCUT2D eigenvalue weighted by molar-refractivity contribution is 6.03. The third kappa shape index (κ3) is 4.14. The Kier molecular flexibility index (Phi) is 4.62. The van der Waals surface area contributed by atoms with E-state index in [2.05, 4.69) is 20.6 Å². The monoisotopic (exact) mass is 333 g/mol. The molecular formula is C18H12FN5O. The summed E-state index contributed by atoms with van der Waals surface area (Å²) in [5.41, 5.74) is 1.53. The molecule has 0 unspecified atom stereocenters. The Morgan fingerprint density at radius 2 is 1.88 bits per heavy atom. The van der Waals surface area contributed by atoms with Gasteiger partial charge >= 0.3 is 0 Å². The average Bonchev–Trinajstić information content (AvgIpc) is 2.62. The van der Waals surface area contributed by atoms with E-state index < -0.39 is 11.7 Å². The summed E-state index contributed by atoms with van der Waals surface area (Å²) in [7, 11) is 0. The average molecular weight is 333 g/mol. The minimum Gasteiger partial charge on any atom is -0.324 e. The largest absolute Gasteiger partial charge is 0.324 e. The van der Waals surface area contributed by atoms with Gasteiger partial charge in [-0.25, -0.2) is 14.4 Å². The second-order valence-corrected chi connectivity index (χ2v) is 5.05. The van der Waals surface area contributed by atoms with Crippen molar-refractivity contribution in [3.8, 4) is 6.07 Å². The summed E-state index contributed by atoms with van der Waals surface area (Å²) in [4.78, 5) is 20.4. The number of aromatic nitrogens is 2. The Bertz CT molecular complexity index is 967. The molecule has 0 saturated heterocycles. The van der Waals surface area contributed by atoms with Crippen LogP contribution in [0.1, 0.15) is 16.1 Å². The van der Waals surface area contributed by atoms with Crippen molar-refractivity contribution in [1.82, 2.24) is 9.97 Å². The molecule has 0 bridgehead atoms. The van der Waals surface area contributed by atoms with E-state index in [-0.39, 0.29) is 11.6 Å². The van der Waals surface area contributed by atoms with E-state index in [4.69, 9.17) is 5.26 Å². The number of carbonyl (C=O) groups is 1. The van der Waals surface area contributed by atoms with E-state index in [1.807, 2.05) is 6.07 Å². The van der Waals surface area contributed by atoms with Crippen molar-refractivity contribution in [3.05, 3.63) is 77.9 Å². The van der Waals surface area contributed by atoms with Crippen molar-refractivity contribution >= 4 is 23.2 Å². The minimum atomic E-state index is -0.445. The third-order valence-corrected chi connectivity index (χ3v) is 3.22. The van der Waals surface area contributed by atoms with E-state index in [0.717, 1.165) is 0 Å². The van der Waals surface area contributed by atoms with Crippen LogP contribution >= 0.6 is 0 Å². The van der Waals surface area contributed by atoms with Gasteiger partial charge in [-0.3, -0.25) is 4.79 Å². The lowest BCUT2D eigenvalue weighted by atomic mass is 10.2. The van der Waals surface area contributed by atoms with Gasteiger partial charge in [0.25, 0.3) is 5.91 Å². The van der Waals surface area contributed by atoms with Crippen LogP contribution in [0, 0.1) is 17.1 Å². The van der Waals surface area contributed by atoms with Crippen LogP contribution < -0.4 is 10.6 Å². The van der Waals surface area contributed by atoms with Gasteiger partial charge in [-0.1, -0.05) is 12.1 Å². The maximum Gasteiger partial charge on any atom is 0.274 e. The predicted molar refractivity (Wildman–Crippen MR) is 90.8 cm³/mol. The van der Waals surface area contributed by atoms with Crippen molar-refractivity contribution < 1.29 is 9.18 Å². The van der Waals surface area contributed by atoms with Crippen LogP contribution in [0.15, 0.2) is 60.8 Å². The van der Waals surface area contributed by atoms with E-state index >= 15 is 0 Å². The number of amides is 1. The molecule has 0 radical (unpaired) electrons. The standard InChI is InChI=1S/C18H12FN5O/c19-13-4-2-6-15(10-13)23-18-21-8-7-16(24-18)17(25)22-14-5-1-3-12(9-14)11-20/h1-10H,(H,22,25)(H,21,23,24). The van der Waals surface area contributed by atoms with Crippen LogP contribution in [0.3, 0.4) is 0 Å². The smallest absolute Gasteiger partial charge is 0.274 e. The molecule has 0 atom stereocenters. The van der Waals surface area contributed by atoms with Crippen molar-refractivity contribution in [2.45, 2.75) is 0 Å². The van der Waals surface area contributed by atoms with Gasteiger partial charge < -0.3 is 10.6 Å². The summed E-state index contributed by atoms with van der Waals surface area (Å²) in [5.74, 6) is -0.667. The molecule has 1 heterocycles. The molecule has 1 amide bonds. The lowest BCUT2D eigenvalue weighted by molar-refractivity contribution is 0.102. The molecule has 6 nitrogen and oxygen atoms in total. The van der Waals surface area contributed by atoms with Crippen molar-refractivity contribution in [3.63, 3.8) is 0 Å². The van der Waals surface area contributed by atoms with Gasteiger partial charge in [-0.15, -0.1) is 0 Å². The molecule has 0 spiro atoms. The Morgan fingerprint density at radius 1 is 1.08 bits per heavy atom. The van der Waals surface area contributed by atoms with Gasteiger partial charge in [0.05, 0.1) is 11.6 Å². The lowest BCUT2D eigenvalue weighted by Crippen LogP contribution is -2.14. The molecule has 7 heteroatoms. The molecule has 25 heavy (non-hydrogen) atoms. The molecule has 0 aliphatic heterocycles. The summed E-state index contributed by atoms with van der Waals surface area (Å²) in [5, 5.41) is 14.4. The van der Waals surface area contributed by atoms with Crippen LogP contribution in [-0.2, 0) is 0 Å². The number of hydrogen-bond donors (Lipinski definition) is 2. The number of nitriles is 1. The van der Waals surface area contributed by atoms with Gasteiger partial charge in [0.1, 0.15) is 11.5 Å². The quantitative estimate of drug-likeness (QED) is 0.763. The van der Waals surface area contributed by atoms with E-state index in [9.17, 15) is 9.18 Å². The zero-order valence-electron chi connectivity index (χ0n) is 12.9. The zero-order chi connectivity index (χ0) is 17.6. The normalized spacial score (nSPS) is 9.92. The van der Waals surface area contributed by atoms with Gasteiger partial charge in [0.2, 0.25) is 5.95 Å². The van der Waals surface area contributed by atoms with Gasteiger partial charge in [-0.2, -0.15) is 5.26 Å². The molecule has 2 aromatic carbocycles. The highest BCUT2D eigenvalue weighted by Gasteiger charge is 2.10. The fraction of sp³-hybridized carbons (Fsp3) is 0. The summed E-state index contributed by atoms with van der Waals surface area (Å²) in [6.07, 6.45) is 1.43. The maximum absolute atomic E-state index is 13.2. The first kappa shape index (κ1) is 16.1. The number of benzene rings is 2.